The molecule has 2 aromatic rings. The van der Waals surface area contributed by atoms with Crippen molar-refractivity contribution in [2.24, 2.45) is 0 Å². The van der Waals surface area contributed by atoms with Crippen molar-refractivity contribution in [1.29, 1.82) is 0 Å². The molecular weight excluding hydrogens is 232 g/mol. The third kappa shape index (κ3) is 2.03. The summed E-state index contributed by atoms with van der Waals surface area (Å²) in [5, 5.41) is 15.7. The monoisotopic (exact) mass is 240 g/mol. The third-order valence-electron chi connectivity index (χ3n) is 1.84. The Labute approximate surface area is 91.5 Å². The lowest BCUT2D eigenvalue weighted by molar-refractivity contribution is 0.441. The number of sulfone groups is 1. The van der Waals surface area contributed by atoms with Crippen LogP contribution in [-0.4, -0.2) is 30.0 Å². The first kappa shape index (κ1) is 10.6. The molecule has 0 saturated heterocycles. The molecule has 16 heavy (non-hydrogen) atoms. The van der Waals surface area contributed by atoms with Crippen LogP contribution in [0.1, 0.15) is 0 Å². The minimum Gasteiger partial charge on any atom is -0.508 e. The van der Waals surface area contributed by atoms with Crippen LogP contribution >= 0.6 is 0 Å². The Morgan fingerprint density at radius 2 is 1.81 bits per heavy atom. The van der Waals surface area contributed by atoms with Gasteiger partial charge < -0.3 is 9.52 Å². The van der Waals surface area contributed by atoms with Gasteiger partial charge in [-0.2, -0.15) is 0 Å². The number of phenolic OH excluding ortho intramolecular Hbond substituents is 1. The highest BCUT2D eigenvalue weighted by Gasteiger charge is 2.17. The van der Waals surface area contributed by atoms with Gasteiger partial charge in [0.2, 0.25) is 15.7 Å². The Morgan fingerprint density at radius 3 is 2.31 bits per heavy atom. The van der Waals surface area contributed by atoms with Gasteiger partial charge in [0.25, 0.3) is 0 Å². The van der Waals surface area contributed by atoms with Gasteiger partial charge in [-0.3, -0.25) is 0 Å². The fourth-order valence-corrected chi connectivity index (χ4v) is 1.50. The molecule has 0 radical (unpaired) electrons. The molecule has 84 valence electrons. The maximum absolute atomic E-state index is 11.1. The summed E-state index contributed by atoms with van der Waals surface area (Å²) in [6.07, 6.45) is 0.987. The van der Waals surface area contributed by atoms with Gasteiger partial charge in [-0.1, -0.05) is 5.10 Å². The van der Waals surface area contributed by atoms with E-state index in [1.807, 2.05) is 0 Å². The van der Waals surface area contributed by atoms with E-state index in [4.69, 9.17) is 9.52 Å². The molecule has 1 aromatic carbocycles. The number of aromatic hydroxyl groups is 1. The molecule has 0 atom stereocenters. The van der Waals surface area contributed by atoms with Crippen molar-refractivity contribution in [2.75, 3.05) is 6.26 Å². The van der Waals surface area contributed by atoms with E-state index in [1.165, 1.54) is 12.1 Å². The quantitative estimate of drug-likeness (QED) is 0.836. The molecule has 6 nitrogen and oxygen atoms in total. The van der Waals surface area contributed by atoms with Gasteiger partial charge in [-0.15, -0.1) is 5.10 Å². The van der Waals surface area contributed by atoms with Crippen LogP contribution in [0.4, 0.5) is 0 Å². The van der Waals surface area contributed by atoms with Crippen LogP contribution in [0.2, 0.25) is 0 Å². The third-order valence-corrected chi connectivity index (χ3v) is 2.64. The predicted octanol–water partition coefficient (Wildman–Crippen LogP) is 0.846. The molecule has 1 N–H and O–H groups in total. The molecule has 1 aromatic heterocycles. The van der Waals surface area contributed by atoms with E-state index < -0.39 is 15.1 Å². The number of hydrogen-bond acceptors (Lipinski definition) is 6. The van der Waals surface area contributed by atoms with E-state index in [0.29, 0.717) is 5.56 Å². The number of aromatic nitrogens is 2. The average molecular weight is 240 g/mol. The van der Waals surface area contributed by atoms with Crippen molar-refractivity contribution in [3.8, 4) is 17.2 Å². The minimum atomic E-state index is -3.49. The summed E-state index contributed by atoms with van der Waals surface area (Å²) in [5.41, 5.74) is 0.542. The van der Waals surface area contributed by atoms with Crippen molar-refractivity contribution in [3.05, 3.63) is 24.3 Å². The zero-order valence-corrected chi connectivity index (χ0v) is 9.10. The Bertz CT molecular complexity index is 601. The maximum atomic E-state index is 11.1. The zero-order chi connectivity index (χ0) is 11.8. The highest BCUT2D eigenvalue weighted by molar-refractivity contribution is 7.90. The fourth-order valence-electron chi connectivity index (χ4n) is 1.08. The molecule has 0 aliphatic carbocycles. The number of benzene rings is 1. The van der Waals surface area contributed by atoms with Crippen LogP contribution in [0.15, 0.2) is 33.9 Å². The summed E-state index contributed by atoms with van der Waals surface area (Å²) in [4.78, 5) is 0. The Morgan fingerprint density at radius 1 is 1.19 bits per heavy atom. The minimum absolute atomic E-state index is 0.0976. The second-order valence-corrected chi connectivity index (χ2v) is 5.09. The van der Waals surface area contributed by atoms with Crippen LogP contribution in [0, 0.1) is 0 Å². The topological polar surface area (TPSA) is 93.3 Å². The second kappa shape index (κ2) is 3.60. The Kier molecular flexibility index (Phi) is 2.39. The smallest absolute Gasteiger partial charge is 0.335 e. The van der Waals surface area contributed by atoms with Gasteiger partial charge in [-0.25, -0.2) is 8.42 Å². The van der Waals surface area contributed by atoms with Crippen molar-refractivity contribution >= 4 is 9.84 Å². The molecule has 0 saturated carbocycles. The molecule has 0 fully saturated rings. The molecular formula is C9H8N2O4S. The average Bonchev–Trinajstić information content (AvgIpc) is 2.67. The molecule has 0 spiro atoms. The highest BCUT2D eigenvalue weighted by Crippen LogP contribution is 2.21. The van der Waals surface area contributed by atoms with E-state index in [9.17, 15) is 8.42 Å². The van der Waals surface area contributed by atoms with Gasteiger partial charge in [0.1, 0.15) is 5.75 Å². The lowest BCUT2D eigenvalue weighted by Crippen LogP contribution is -1.96. The molecule has 7 heteroatoms. The summed E-state index contributed by atoms with van der Waals surface area (Å²) >= 11 is 0. The molecule has 1 heterocycles. The molecule has 0 amide bonds. The van der Waals surface area contributed by atoms with Crippen molar-refractivity contribution in [3.63, 3.8) is 0 Å². The number of nitrogens with zero attached hydrogens (tertiary/aromatic N) is 2. The first-order chi connectivity index (χ1) is 7.47. The molecule has 0 aliphatic rings. The van der Waals surface area contributed by atoms with Gasteiger partial charge in [0.05, 0.1) is 0 Å². The van der Waals surface area contributed by atoms with E-state index in [1.54, 1.807) is 12.1 Å². The first-order valence-corrected chi connectivity index (χ1v) is 6.19. The molecule has 0 aliphatic heterocycles. The summed E-state index contributed by atoms with van der Waals surface area (Å²) in [5.74, 6) is 0.201. The standard InChI is InChI=1S/C9H8N2O4S/c1-16(13,14)9-11-10-8(15-9)6-2-4-7(12)5-3-6/h2-5,12H,1H3. The second-order valence-electron chi connectivity index (χ2n) is 3.19. The van der Waals surface area contributed by atoms with E-state index >= 15 is 0 Å². The Hall–Kier alpha value is -1.89. The molecule has 0 bridgehead atoms. The van der Waals surface area contributed by atoms with Gasteiger partial charge in [-0.05, 0) is 24.3 Å². The van der Waals surface area contributed by atoms with Crippen LogP contribution < -0.4 is 0 Å². The summed E-state index contributed by atoms with van der Waals surface area (Å²) in [7, 11) is -3.49. The SMILES string of the molecule is CS(=O)(=O)c1nnc(-c2ccc(O)cc2)o1. The largest absolute Gasteiger partial charge is 0.508 e. The first-order valence-electron chi connectivity index (χ1n) is 4.30. The number of rotatable bonds is 2. The predicted molar refractivity (Wildman–Crippen MR) is 54.5 cm³/mol. The summed E-state index contributed by atoms with van der Waals surface area (Å²) < 4.78 is 27.2. The maximum Gasteiger partial charge on any atom is 0.335 e. The lowest BCUT2D eigenvalue weighted by atomic mass is 10.2. The van der Waals surface area contributed by atoms with Gasteiger partial charge >= 0.3 is 5.22 Å². The number of hydrogen-bond donors (Lipinski definition) is 1. The van der Waals surface area contributed by atoms with Crippen molar-refractivity contribution in [2.45, 2.75) is 5.22 Å². The highest BCUT2D eigenvalue weighted by atomic mass is 32.2. The van der Waals surface area contributed by atoms with Crippen LogP contribution in [0.3, 0.4) is 0 Å². The van der Waals surface area contributed by atoms with Gasteiger partial charge in [0, 0.05) is 11.8 Å². The van der Waals surface area contributed by atoms with Gasteiger partial charge in [0.15, 0.2) is 0 Å². The van der Waals surface area contributed by atoms with Crippen LogP contribution in [0.5, 0.6) is 5.75 Å². The summed E-state index contributed by atoms with van der Waals surface area (Å²) in [6.45, 7) is 0. The van der Waals surface area contributed by atoms with Crippen molar-refractivity contribution < 1.29 is 17.9 Å². The molecule has 2 rings (SSSR count). The van der Waals surface area contributed by atoms with E-state index in [0.717, 1.165) is 6.26 Å². The van der Waals surface area contributed by atoms with Crippen molar-refractivity contribution in [1.82, 2.24) is 10.2 Å². The van der Waals surface area contributed by atoms with E-state index in [-0.39, 0.29) is 11.6 Å². The lowest BCUT2D eigenvalue weighted by Gasteiger charge is -1.94. The fraction of sp³-hybridized carbons (Fsp3) is 0.111. The zero-order valence-electron chi connectivity index (χ0n) is 8.28. The summed E-state index contributed by atoms with van der Waals surface area (Å²) in [6, 6.07) is 5.99. The number of phenols is 1. The molecule has 0 unspecified atom stereocenters. The normalized spacial score (nSPS) is 11.6. The van der Waals surface area contributed by atoms with E-state index in [2.05, 4.69) is 10.2 Å². The Balaban J connectivity index is 2.43. The van der Waals surface area contributed by atoms with Crippen LogP contribution in [0.25, 0.3) is 11.5 Å². The van der Waals surface area contributed by atoms with Crippen LogP contribution in [-0.2, 0) is 9.84 Å².